The summed E-state index contributed by atoms with van der Waals surface area (Å²) in [4.78, 5) is 27.0. The lowest BCUT2D eigenvalue weighted by molar-refractivity contribution is -0.123. The van der Waals surface area contributed by atoms with Gasteiger partial charge in [0.05, 0.1) is 6.26 Å². The molecule has 0 spiro atoms. The van der Waals surface area contributed by atoms with Crippen LogP contribution in [0.5, 0.6) is 0 Å². The van der Waals surface area contributed by atoms with Crippen LogP contribution in [0.4, 0.5) is 0 Å². The Morgan fingerprint density at radius 3 is 2.62 bits per heavy atom. The van der Waals surface area contributed by atoms with E-state index in [-0.39, 0.29) is 23.5 Å². The minimum atomic E-state index is -0.566. The molecule has 0 saturated heterocycles. The van der Waals surface area contributed by atoms with Crippen molar-refractivity contribution >= 4 is 11.8 Å². The van der Waals surface area contributed by atoms with Crippen molar-refractivity contribution in [1.29, 1.82) is 0 Å². The van der Waals surface area contributed by atoms with Crippen LogP contribution in [0.25, 0.3) is 0 Å². The van der Waals surface area contributed by atoms with Gasteiger partial charge in [-0.25, -0.2) is 0 Å². The van der Waals surface area contributed by atoms with Crippen LogP contribution in [-0.4, -0.2) is 48.9 Å². The predicted molar refractivity (Wildman–Crippen MR) is 102 cm³/mol. The highest BCUT2D eigenvalue weighted by molar-refractivity contribution is 5.95. The number of hydrogen-bond acceptors (Lipinski definition) is 4. The van der Waals surface area contributed by atoms with Crippen LogP contribution in [-0.2, 0) is 4.79 Å². The summed E-state index contributed by atoms with van der Waals surface area (Å²) < 4.78 is 5.09. The van der Waals surface area contributed by atoms with Crippen molar-refractivity contribution in [1.82, 2.24) is 15.5 Å². The lowest BCUT2D eigenvalue weighted by Crippen LogP contribution is -2.50. The number of furan rings is 1. The van der Waals surface area contributed by atoms with Crippen LogP contribution in [0.15, 0.2) is 22.8 Å². The van der Waals surface area contributed by atoms with Gasteiger partial charge in [0.25, 0.3) is 5.91 Å². The van der Waals surface area contributed by atoms with Gasteiger partial charge in [0, 0.05) is 12.6 Å². The Morgan fingerprint density at radius 2 is 2.00 bits per heavy atom. The third kappa shape index (κ3) is 6.16. The summed E-state index contributed by atoms with van der Waals surface area (Å²) >= 11 is 0. The molecule has 26 heavy (non-hydrogen) atoms. The maximum Gasteiger partial charge on any atom is 0.287 e. The first kappa shape index (κ1) is 20.5. The second kappa shape index (κ2) is 10.4. The van der Waals surface area contributed by atoms with Crippen molar-refractivity contribution in [2.75, 3.05) is 20.1 Å². The molecule has 1 atom stereocenters. The molecule has 1 aliphatic carbocycles. The molecule has 1 aromatic rings. The molecule has 1 saturated carbocycles. The Kier molecular flexibility index (Phi) is 8.16. The molecular weight excluding hydrogens is 330 g/mol. The average Bonchev–Trinajstić information content (AvgIpc) is 3.18. The summed E-state index contributed by atoms with van der Waals surface area (Å²) in [6.07, 6.45) is 8.96. The zero-order valence-corrected chi connectivity index (χ0v) is 16.3. The molecule has 6 nitrogen and oxygen atoms in total. The topological polar surface area (TPSA) is 74.6 Å². The van der Waals surface area contributed by atoms with E-state index in [4.69, 9.17) is 4.42 Å². The third-order valence-electron chi connectivity index (χ3n) is 5.17. The largest absolute Gasteiger partial charge is 0.459 e. The van der Waals surface area contributed by atoms with Crippen LogP contribution in [0.3, 0.4) is 0 Å². The molecule has 2 rings (SSSR count). The maximum absolute atomic E-state index is 12.5. The molecule has 0 aliphatic heterocycles. The fourth-order valence-corrected chi connectivity index (χ4v) is 3.51. The molecule has 6 heteroatoms. The number of nitrogens with zero attached hydrogens (tertiary/aromatic N) is 1. The number of nitrogens with one attached hydrogen (secondary N) is 2. The molecule has 0 radical (unpaired) electrons. The minimum absolute atomic E-state index is 0.00109. The second-order valence-electron chi connectivity index (χ2n) is 7.59. The SMILES string of the molecule is CC(C)C(NC(=O)c1ccco1)C(=O)NCCCN(C)C1CCCCC1. The summed E-state index contributed by atoms with van der Waals surface area (Å²) in [6.45, 7) is 5.44. The molecular formula is C20H33N3O3. The Bertz CT molecular complexity index is 551. The van der Waals surface area contributed by atoms with E-state index in [1.807, 2.05) is 13.8 Å². The fourth-order valence-electron chi connectivity index (χ4n) is 3.51. The first-order chi connectivity index (χ1) is 12.5. The predicted octanol–water partition coefficient (Wildman–Crippen LogP) is 2.80. The summed E-state index contributed by atoms with van der Waals surface area (Å²) in [5, 5.41) is 5.73. The van der Waals surface area contributed by atoms with E-state index in [1.54, 1.807) is 12.1 Å². The summed E-state index contributed by atoms with van der Waals surface area (Å²) in [5.41, 5.74) is 0. The van der Waals surface area contributed by atoms with Gasteiger partial charge in [-0.1, -0.05) is 33.1 Å². The van der Waals surface area contributed by atoms with Crippen molar-refractivity contribution in [2.45, 2.75) is 64.5 Å². The molecule has 146 valence electrons. The molecule has 0 bridgehead atoms. The van der Waals surface area contributed by atoms with Gasteiger partial charge in [-0.2, -0.15) is 0 Å². The van der Waals surface area contributed by atoms with Gasteiger partial charge in [0.2, 0.25) is 5.91 Å². The molecule has 1 aromatic heterocycles. The van der Waals surface area contributed by atoms with Gasteiger partial charge < -0.3 is 20.0 Å². The number of carbonyl (C=O) groups is 2. The number of amides is 2. The lowest BCUT2D eigenvalue weighted by Gasteiger charge is -2.31. The molecule has 1 heterocycles. The Morgan fingerprint density at radius 1 is 1.27 bits per heavy atom. The maximum atomic E-state index is 12.5. The first-order valence-electron chi connectivity index (χ1n) is 9.81. The van der Waals surface area contributed by atoms with Crippen molar-refractivity contribution in [3.63, 3.8) is 0 Å². The van der Waals surface area contributed by atoms with Crippen LogP contribution in [0, 0.1) is 5.92 Å². The van der Waals surface area contributed by atoms with Crippen molar-refractivity contribution in [3.05, 3.63) is 24.2 Å². The van der Waals surface area contributed by atoms with E-state index < -0.39 is 6.04 Å². The number of rotatable bonds is 9. The Hall–Kier alpha value is -1.82. The smallest absolute Gasteiger partial charge is 0.287 e. The zero-order valence-electron chi connectivity index (χ0n) is 16.3. The number of carbonyl (C=O) groups excluding carboxylic acids is 2. The third-order valence-corrected chi connectivity index (χ3v) is 5.17. The summed E-state index contributed by atoms with van der Waals surface area (Å²) in [6, 6.07) is 3.37. The lowest BCUT2D eigenvalue weighted by atomic mass is 9.94. The van der Waals surface area contributed by atoms with Crippen molar-refractivity contribution in [2.24, 2.45) is 5.92 Å². The molecule has 2 N–H and O–H groups in total. The van der Waals surface area contributed by atoms with E-state index >= 15 is 0 Å². The van der Waals surface area contributed by atoms with Gasteiger partial charge in [0.1, 0.15) is 6.04 Å². The van der Waals surface area contributed by atoms with E-state index in [2.05, 4.69) is 22.6 Å². The van der Waals surface area contributed by atoms with E-state index in [0.717, 1.165) is 13.0 Å². The van der Waals surface area contributed by atoms with Gasteiger partial charge in [-0.05, 0) is 50.9 Å². The molecule has 1 aliphatic rings. The molecule has 2 amide bonds. The monoisotopic (exact) mass is 363 g/mol. The molecule has 1 unspecified atom stereocenters. The highest BCUT2D eigenvalue weighted by Crippen LogP contribution is 2.21. The van der Waals surface area contributed by atoms with E-state index in [1.165, 1.54) is 38.4 Å². The van der Waals surface area contributed by atoms with Crippen molar-refractivity contribution in [3.8, 4) is 0 Å². The highest BCUT2D eigenvalue weighted by Gasteiger charge is 2.25. The van der Waals surface area contributed by atoms with Crippen LogP contribution >= 0.6 is 0 Å². The zero-order chi connectivity index (χ0) is 18.9. The fraction of sp³-hybridized carbons (Fsp3) is 0.700. The average molecular weight is 364 g/mol. The van der Waals surface area contributed by atoms with Gasteiger partial charge in [0.15, 0.2) is 5.76 Å². The Labute approximate surface area is 156 Å². The van der Waals surface area contributed by atoms with Crippen LogP contribution < -0.4 is 10.6 Å². The second-order valence-corrected chi connectivity index (χ2v) is 7.59. The van der Waals surface area contributed by atoms with Gasteiger partial charge >= 0.3 is 0 Å². The van der Waals surface area contributed by atoms with Gasteiger partial charge in [-0.15, -0.1) is 0 Å². The minimum Gasteiger partial charge on any atom is -0.459 e. The standard InChI is InChI=1S/C20H33N3O3/c1-15(2)18(22-19(24)17-11-7-14-26-17)20(25)21-12-8-13-23(3)16-9-5-4-6-10-16/h7,11,14-16,18H,4-6,8-10,12-13H2,1-3H3,(H,21,25)(H,22,24). The van der Waals surface area contributed by atoms with E-state index in [0.29, 0.717) is 12.6 Å². The molecule has 0 aromatic carbocycles. The molecule has 1 fully saturated rings. The van der Waals surface area contributed by atoms with Gasteiger partial charge in [-0.3, -0.25) is 9.59 Å². The van der Waals surface area contributed by atoms with E-state index in [9.17, 15) is 9.59 Å². The van der Waals surface area contributed by atoms with Crippen LogP contribution in [0.2, 0.25) is 0 Å². The highest BCUT2D eigenvalue weighted by atomic mass is 16.3. The Balaban J connectivity index is 1.72. The normalized spacial score (nSPS) is 16.7. The first-order valence-corrected chi connectivity index (χ1v) is 9.81. The number of hydrogen-bond donors (Lipinski definition) is 2. The summed E-state index contributed by atoms with van der Waals surface area (Å²) in [7, 11) is 2.18. The van der Waals surface area contributed by atoms with Crippen LogP contribution in [0.1, 0.15) is 62.9 Å². The van der Waals surface area contributed by atoms with Crippen molar-refractivity contribution < 1.29 is 14.0 Å². The summed E-state index contributed by atoms with van der Waals surface area (Å²) in [5.74, 6) is -0.280. The quantitative estimate of drug-likeness (QED) is 0.662.